The summed E-state index contributed by atoms with van der Waals surface area (Å²) < 4.78 is 0. The third-order valence-electron chi connectivity index (χ3n) is 2.67. The quantitative estimate of drug-likeness (QED) is 0.694. The average molecular weight is 282 g/mol. The summed E-state index contributed by atoms with van der Waals surface area (Å²) in [5.41, 5.74) is 6.47. The Morgan fingerprint density at radius 1 is 1.37 bits per heavy atom. The Labute approximate surface area is 116 Å². The number of amides is 1. The number of nitrogens with two attached hydrogens (primary N) is 1. The Morgan fingerprint density at radius 2 is 2.00 bits per heavy atom. The van der Waals surface area contributed by atoms with Gasteiger partial charge in [0.25, 0.3) is 0 Å². The summed E-state index contributed by atoms with van der Waals surface area (Å²) in [7, 11) is 0. The van der Waals surface area contributed by atoms with Crippen LogP contribution in [0.25, 0.3) is 0 Å². The van der Waals surface area contributed by atoms with E-state index in [1.165, 1.54) is 11.8 Å². The van der Waals surface area contributed by atoms with Crippen LogP contribution in [0.2, 0.25) is 0 Å². The fraction of sp³-hybridized carbons (Fsp3) is 0.385. The molecule has 0 heterocycles. The summed E-state index contributed by atoms with van der Waals surface area (Å²) in [6.45, 7) is 0. The number of carboxylic acids is 1. The Bertz CT molecular complexity index is 425. The van der Waals surface area contributed by atoms with Gasteiger partial charge in [-0.15, -0.1) is 0 Å². The number of rotatable bonds is 7. The molecule has 19 heavy (non-hydrogen) atoms. The van der Waals surface area contributed by atoms with Crippen LogP contribution in [0.5, 0.6) is 0 Å². The molecule has 0 saturated heterocycles. The fourth-order valence-corrected chi connectivity index (χ4v) is 2.04. The first-order chi connectivity index (χ1) is 9.06. The normalized spacial score (nSPS) is 13.6. The van der Waals surface area contributed by atoms with Crippen molar-refractivity contribution in [3.8, 4) is 0 Å². The van der Waals surface area contributed by atoms with Gasteiger partial charge in [-0.25, -0.2) is 4.79 Å². The molecular formula is C13H18N2O3S. The molecule has 1 rings (SSSR count). The maximum Gasteiger partial charge on any atom is 0.326 e. The van der Waals surface area contributed by atoms with Gasteiger partial charge in [0.2, 0.25) is 5.91 Å². The highest BCUT2D eigenvalue weighted by atomic mass is 32.2. The zero-order chi connectivity index (χ0) is 14.3. The van der Waals surface area contributed by atoms with E-state index in [2.05, 4.69) is 5.32 Å². The molecule has 0 spiro atoms. The maximum atomic E-state index is 11.9. The molecule has 0 aromatic heterocycles. The van der Waals surface area contributed by atoms with E-state index in [1.807, 2.05) is 12.3 Å². The van der Waals surface area contributed by atoms with Crippen LogP contribution in [0.15, 0.2) is 30.3 Å². The van der Waals surface area contributed by atoms with Crippen molar-refractivity contribution < 1.29 is 14.7 Å². The number of carbonyl (C=O) groups is 2. The van der Waals surface area contributed by atoms with Gasteiger partial charge >= 0.3 is 5.97 Å². The number of benzene rings is 1. The molecule has 0 aliphatic carbocycles. The number of carboxylic acid groups (broad SMARTS) is 1. The van der Waals surface area contributed by atoms with Gasteiger partial charge in [-0.3, -0.25) is 4.79 Å². The van der Waals surface area contributed by atoms with Crippen LogP contribution >= 0.6 is 11.8 Å². The van der Waals surface area contributed by atoms with Crippen LogP contribution in [-0.2, 0) is 9.59 Å². The zero-order valence-corrected chi connectivity index (χ0v) is 11.5. The molecule has 1 unspecified atom stereocenters. The molecule has 5 nitrogen and oxygen atoms in total. The maximum absolute atomic E-state index is 11.9. The molecule has 2 atom stereocenters. The fourth-order valence-electron chi connectivity index (χ4n) is 1.57. The van der Waals surface area contributed by atoms with E-state index in [9.17, 15) is 9.59 Å². The first-order valence-corrected chi connectivity index (χ1v) is 7.28. The lowest BCUT2D eigenvalue weighted by molar-refractivity contribution is -0.142. The van der Waals surface area contributed by atoms with Crippen LogP contribution in [-0.4, -0.2) is 35.0 Å². The van der Waals surface area contributed by atoms with Crippen molar-refractivity contribution in [3.05, 3.63) is 35.9 Å². The Balaban J connectivity index is 2.64. The van der Waals surface area contributed by atoms with E-state index in [1.54, 1.807) is 24.3 Å². The third-order valence-corrected chi connectivity index (χ3v) is 3.31. The molecule has 1 aromatic carbocycles. The van der Waals surface area contributed by atoms with Crippen molar-refractivity contribution in [1.82, 2.24) is 5.32 Å². The predicted octanol–water partition coefficient (Wildman–Crippen LogP) is 1.01. The monoisotopic (exact) mass is 282 g/mol. The minimum atomic E-state index is -1.04. The lowest BCUT2D eigenvalue weighted by Gasteiger charge is -2.17. The molecule has 0 fully saturated rings. The van der Waals surface area contributed by atoms with Crippen molar-refractivity contribution in [1.29, 1.82) is 0 Å². The van der Waals surface area contributed by atoms with Crippen LogP contribution < -0.4 is 11.1 Å². The number of thioether (sulfide) groups is 1. The topological polar surface area (TPSA) is 92.4 Å². The average Bonchev–Trinajstić information content (AvgIpc) is 2.43. The first kappa shape index (κ1) is 15.5. The molecule has 104 valence electrons. The third kappa shape index (κ3) is 4.92. The molecule has 1 amide bonds. The van der Waals surface area contributed by atoms with Gasteiger partial charge in [0, 0.05) is 0 Å². The van der Waals surface area contributed by atoms with Crippen LogP contribution in [0.1, 0.15) is 18.0 Å². The molecule has 4 N–H and O–H groups in total. The van der Waals surface area contributed by atoms with E-state index in [0.29, 0.717) is 17.7 Å². The van der Waals surface area contributed by atoms with Crippen molar-refractivity contribution >= 4 is 23.6 Å². The summed E-state index contributed by atoms with van der Waals surface area (Å²) in [6, 6.07) is 7.12. The largest absolute Gasteiger partial charge is 0.480 e. The lowest BCUT2D eigenvalue weighted by Crippen LogP contribution is -2.45. The first-order valence-electron chi connectivity index (χ1n) is 5.89. The molecule has 0 aliphatic heterocycles. The van der Waals surface area contributed by atoms with Crippen LogP contribution in [0.3, 0.4) is 0 Å². The highest BCUT2D eigenvalue weighted by Crippen LogP contribution is 2.10. The number of hydrogen-bond acceptors (Lipinski definition) is 4. The summed E-state index contributed by atoms with van der Waals surface area (Å²) >= 11 is 1.53. The minimum absolute atomic E-state index is 0.379. The lowest BCUT2D eigenvalue weighted by atomic mass is 10.1. The second kappa shape index (κ2) is 7.81. The Hall–Kier alpha value is -1.53. The van der Waals surface area contributed by atoms with Gasteiger partial charge in [-0.05, 0) is 24.0 Å². The summed E-state index contributed by atoms with van der Waals surface area (Å²) in [5.74, 6) is -0.847. The van der Waals surface area contributed by atoms with Crippen molar-refractivity contribution in [3.63, 3.8) is 0 Å². The molecule has 0 radical (unpaired) electrons. The van der Waals surface area contributed by atoms with Gasteiger partial charge in [0.05, 0.1) is 0 Å². The number of nitrogens with one attached hydrogen (secondary N) is 1. The number of aliphatic carboxylic acids is 1. The van der Waals surface area contributed by atoms with E-state index in [4.69, 9.17) is 10.8 Å². The molecule has 0 aliphatic rings. The molecule has 1 aromatic rings. The second-order valence-corrected chi connectivity index (χ2v) is 5.05. The minimum Gasteiger partial charge on any atom is -0.480 e. The van der Waals surface area contributed by atoms with Gasteiger partial charge in [0.15, 0.2) is 0 Å². The molecular weight excluding hydrogens is 264 g/mol. The highest BCUT2D eigenvalue weighted by Gasteiger charge is 2.23. The summed E-state index contributed by atoms with van der Waals surface area (Å²) in [4.78, 5) is 23.0. The van der Waals surface area contributed by atoms with Gasteiger partial charge < -0.3 is 16.2 Å². The molecule has 0 saturated carbocycles. The van der Waals surface area contributed by atoms with Crippen molar-refractivity contribution in [2.45, 2.75) is 18.5 Å². The van der Waals surface area contributed by atoms with E-state index < -0.39 is 24.0 Å². The predicted molar refractivity (Wildman–Crippen MR) is 75.9 cm³/mol. The number of carbonyl (C=O) groups excluding carboxylic acids is 1. The standard InChI is InChI=1S/C13H18N2O3S/c1-19-8-7-10(13(17)18)15-12(16)11(14)9-5-3-2-4-6-9/h2-6,10-11H,7-8,14H2,1H3,(H,15,16)(H,17,18)/t10?,11-/m0/s1. The SMILES string of the molecule is CSCCC(NC(=O)[C@@H](N)c1ccccc1)C(=O)O. The summed E-state index contributed by atoms with van der Waals surface area (Å²) in [6.07, 6.45) is 2.26. The summed E-state index contributed by atoms with van der Waals surface area (Å²) in [5, 5.41) is 11.5. The van der Waals surface area contributed by atoms with Crippen molar-refractivity contribution in [2.75, 3.05) is 12.0 Å². The Morgan fingerprint density at radius 3 is 2.53 bits per heavy atom. The highest BCUT2D eigenvalue weighted by molar-refractivity contribution is 7.98. The van der Waals surface area contributed by atoms with Crippen LogP contribution in [0.4, 0.5) is 0 Å². The van der Waals surface area contributed by atoms with Gasteiger partial charge in [-0.1, -0.05) is 30.3 Å². The number of hydrogen-bond donors (Lipinski definition) is 3. The van der Waals surface area contributed by atoms with Gasteiger partial charge in [-0.2, -0.15) is 11.8 Å². The van der Waals surface area contributed by atoms with Crippen LogP contribution in [0, 0.1) is 0 Å². The smallest absolute Gasteiger partial charge is 0.326 e. The zero-order valence-electron chi connectivity index (χ0n) is 10.7. The van der Waals surface area contributed by atoms with Crippen molar-refractivity contribution in [2.24, 2.45) is 5.73 Å². The molecule has 0 bridgehead atoms. The van der Waals surface area contributed by atoms with E-state index >= 15 is 0 Å². The van der Waals surface area contributed by atoms with E-state index in [-0.39, 0.29) is 0 Å². The second-order valence-electron chi connectivity index (χ2n) is 4.07. The van der Waals surface area contributed by atoms with Gasteiger partial charge in [0.1, 0.15) is 12.1 Å². The van der Waals surface area contributed by atoms with E-state index in [0.717, 1.165) is 0 Å². The molecule has 6 heteroatoms. The Kier molecular flexibility index (Phi) is 6.38.